The first-order valence-corrected chi connectivity index (χ1v) is 7.33. The lowest BCUT2D eigenvalue weighted by atomic mass is 9.91. The molecule has 0 spiro atoms. The highest BCUT2D eigenvalue weighted by Gasteiger charge is 2.36. The normalized spacial score (nSPS) is 40.0. The molecule has 0 aromatic heterocycles. The van der Waals surface area contributed by atoms with Crippen LogP contribution in [-0.4, -0.2) is 72.0 Å². The maximum atomic E-state index is 10.8. The predicted octanol–water partition coefficient (Wildman–Crippen LogP) is 0.942. The molecule has 0 radical (unpaired) electrons. The van der Waals surface area contributed by atoms with Crippen molar-refractivity contribution in [3.05, 3.63) is 0 Å². The van der Waals surface area contributed by atoms with Gasteiger partial charge in [0.25, 0.3) is 0 Å². The largest absolute Gasteiger partial charge is 0.387 e. The third-order valence-electron chi connectivity index (χ3n) is 4.09. The minimum atomic E-state index is -0.523. The molecule has 2 fully saturated rings. The zero-order chi connectivity index (χ0) is 13.2. The predicted molar refractivity (Wildman–Crippen MR) is 72.7 cm³/mol. The van der Waals surface area contributed by atoms with Gasteiger partial charge in [0.2, 0.25) is 0 Å². The van der Waals surface area contributed by atoms with E-state index in [9.17, 15) is 5.11 Å². The van der Waals surface area contributed by atoms with Crippen LogP contribution in [0.5, 0.6) is 0 Å². The van der Waals surface area contributed by atoms with Gasteiger partial charge < -0.3 is 14.7 Å². The van der Waals surface area contributed by atoms with Crippen LogP contribution in [0.25, 0.3) is 0 Å². The molecule has 2 rings (SSSR count). The molecule has 18 heavy (non-hydrogen) atoms. The van der Waals surface area contributed by atoms with Crippen molar-refractivity contribution >= 4 is 0 Å². The topological polar surface area (TPSA) is 35.9 Å². The van der Waals surface area contributed by atoms with E-state index >= 15 is 0 Å². The van der Waals surface area contributed by atoms with E-state index in [1.807, 2.05) is 0 Å². The van der Waals surface area contributed by atoms with Gasteiger partial charge in [0.1, 0.15) is 0 Å². The highest BCUT2D eigenvalue weighted by Crippen LogP contribution is 2.23. The SMILES string of the molecule is CCN1CCC[C@@](O)(CN2C[C@@H](C)O[C@@H](C)C2)C1. The van der Waals surface area contributed by atoms with Gasteiger partial charge in [-0.1, -0.05) is 6.92 Å². The Bertz CT molecular complexity index is 265. The summed E-state index contributed by atoms with van der Waals surface area (Å²) in [6.07, 6.45) is 2.61. The Morgan fingerprint density at radius 3 is 2.50 bits per heavy atom. The van der Waals surface area contributed by atoms with Gasteiger partial charge >= 0.3 is 0 Å². The number of hydrogen-bond donors (Lipinski definition) is 1. The van der Waals surface area contributed by atoms with E-state index in [1.54, 1.807) is 0 Å². The van der Waals surface area contributed by atoms with Gasteiger partial charge in [0.15, 0.2) is 0 Å². The molecule has 0 amide bonds. The summed E-state index contributed by atoms with van der Waals surface area (Å²) in [6, 6.07) is 0. The number of likely N-dealkylation sites (N-methyl/N-ethyl adjacent to an activating group) is 1. The number of rotatable bonds is 3. The van der Waals surface area contributed by atoms with Crippen molar-refractivity contribution in [1.29, 1.82) is 0 Å². The van der Waals surface area contributed by atoms with Gasteiger partial charge in [-0.2, -0.15) is 0 Å². The number of likely N-dealkylation sites (tertiary alicyclic amines) is 1. The van der Waals surface area contributed by atoms with Crippen LogP contribution in [0, 0.1) is 0 Å². The lowest BCUT2D eigenvalue weighted by Gasteiger charge is -2.44. The molecule has 2 heterocycles. The van der Waals surface area contributed by atoms with Crippen molar-refractivity contribution in [3.8, 4) is 0 Å². The Kier molecular flexibility index (Phi) is 4.64. The van der Waals surface area contributed by atoms with Gasteiger partial charge in [0.05, 0.1) is 17.8 Å². The van der Waals surface area contributed by atoms with E-state index in [1.165, 1.54) is 0 Å². The molecule has 4 nitrogen and oxygen atoms in total. The maximum Gasteiger partial charge on any atom is 0.0900 e. The molecule has 4 heteroatoms. The summed E-state index contributed by atoms with van der Waals surface area (Å²) in [7, 11) is 0. The number of piperidine rings is 1. The molecule has 0 aromatic carbocycles. The summed E-state index contributed by atoms with van der Waals surface area (Å²) in [5, 5.41) is 10.8. The lowest BCUT2D eigenvalue weighted by molar-refractivity contribution is -0.106. The van der Waals surface area contributed by atoms with Crippen molar-refractivity contribution in [2.75, 3.05) is 39.3 Å². The zero-order valence-electron chi connectivity index (χ0n) is 12.1. The minimum absolute atomic E-state index is 0.281. The zero-order valence-corrected chi connectivity index (χ0v) is 12.1. The maximum absolute atomic E-state index is 10.8. The van der Waals surface area contributed by atoms with Crippen LogP contribution in [0.15, 0.2) is 0 Å². The summed E-state index contributed by atoms with van der Waals surface area (Å²) in [5.74, 6) is 0. The summed E-state index contributed by atoms with van der Waals surface area (Å²) in [4.78, 5) is 4.73. The molecular formula is C14H28N2O2. The van der Waals surface area contributed by atoms with E-state index in [0.29, 0.717) is 0 Å². The second kappa shape index (κ2) is 5.87. The van der Waals surface area contributed by atoms with Gasteiger partial charge in [0, 0.05) is 26.2 Å². The second-order valence-electron chi connectivity index (χ2n) is 6.15. The van der Waals surface area contributed by atoms with Crippen LogP contribution in [0.3, 0.4) is 0 Å². The van der Waals surface area contributed by atoms with E-state index < -0.39 is 5.60 Å². The highest BCUT2D eigenvalue weighted by atomic mass is 16.5. The monoisotopic (exact) mass is 256 g/mol. The average molecular weight is 256 g/mol. The first-order chi connectivity index (χ1) is 8.50. The molecule has 106 valence electrons. The Morgan fingerprint density at radius 1 is 1.22 bits per heavy atom. The average Bonchev–Trinajstić information content (AvgIpc) is 2.26. The molecule has 0 aromatic rings. The first kappa shape index (κ1) is 14.3. The molecule has 2 aliphatic heterocycles. The van der Waals surface area contributed by atoms with Gasteiger partial charge in [-0.25, -0.2) is 0 Å². The first-order valence-electron chi connectivity index (χ1n) is 7.33. The van der Waals surface area contributed by atoms with E-state index in [4.69, 9.17) is 4.74 Å². The van der Waals surface area contributed by atoms with E-state index in [0.717, 1.165) is 52.1 Å². The molecule has 2 aliphatic rings. The molecule has 0 unspecified atom stereocenters. The number of β-amino-alcohol motifs (C(OH)–C–C–N with tert-alkyl or cyclic N) is 1. The van der Waals surface area contributed by atoms with Crippen LogP contribution in [0.2, 0.25) is 0 Å². The molecule has 2 saturated heterocycles. The number of morpholine rings is 1. The van der Waals surface area contributed by atoms with Crippen molar-refractivity contribution in [3.63, 3.8) is 0 Å². The summed E-state index contributed by atoms with van der Waals surface area (Å²) < 4.78 is 5.75. The summed E-state index contributed by atoms with van der Waals surface area (Å²) in [6.45, 7) is 12.1. The van der Waals surface area contributed by atoms with Gasteiger partial charge in [-0.15, -0.1) is 0 Å². The molecule has 1 N–H and O–H groups in total. The van der Waals surface area contributed by atoms with Crippen LogP contribution in [-0.2, 0) is 4.74 Å². The number of nitrogens with zero attached hydrogens (tertiary/aromatic N) is 2. The third-order valence-corrected chi connectivity index (χ3v) is 4.09. The number of aliphatic hydroxyl groups is 1. The molecule has 0 bridgehead atoms. The molecular weight excluding hydrogens is 228 g/mol. The Balaban J connectivity index is 1.90. The standard InChI is InChI=1S/C14H28N2O2/c1-4-15-7-5-6-14(17,10-15)11-16-8-12(2)18-13(3)9-16/h12-13,17H,4-11H2,1-3H3/t12-,13+,14-/m0/s1. The van der Waals surface area contributed by atoms with Gasteiger partial charge in [-0.3, -0.25) is 4.90 Å². The van der Waals surface area contributed by atoms with E-state index in [-0.39, 0.29) is 12.2 Å². The van der Waals surface area contributed by atoms with Crippen molar-refractivity contribution in [2.24, 2.45) is 0 Å². The fourth-order valence-electron chi connectivity index (χ4n) is 3.43. The Hall–Kier alpha value is -0.160. The molecule has 0 aliphatic carbocycles. The quantitative estimate of drug-likeness (QED) is 0.815. The van der Waals surface area contributed by atoms with Crippen molar-refractivity contribution in [2.45, 2.75) is 51.4 Å². The van der Waals surface area contributed by atoms with Gasteiger partial charge in [-0.05, 0) is 39.8 Å². The highest BCUT2D eigenvalue weighted by molar-refractivity contribution is 4.91. The van der Waals surface area contributed by atoms with Crippen molar-refractivity contribution in [1.82, 2.24) is 9.80 Å². The lowest BCUT2D eigenvalue weighted by Crippen LogP contribution is -2.57. The van der Waals surface area contributed by atoms with Crippen LogP contribution < -0.4 is 0 Å². The Labute approximate surface area is 111 Å². The third kappa shape index (κ3) is 3.67. The Morgan fingerprint density at radius 2 is 1.89 bits per heavy atom. The minimum Gasteiger partial charge on any atom is -0.387 e. The van der Waals surface area contributed by atoms with Crippen LogP contribution >= 0.6 is 0 Å². The summed E-state index contributed by atoms with van der Waals surface area (Å²) in [5.41, 5.74) is -0.523. The smallest absolute Gasteiger partial charge is 0.0900 e. The van der Waals surface area contributed by atoms with Crippen molar-refractivity contribution < 1.29 is 9.84 Å². The number of ether oxygens (including phenoxy) is 1. The fourth-order valence-corrected chi connectivity index (χ4v) is 3.43. The second-order valence-corrected chi connectivity index (χ2v) is 6.15. The molecule has 3 atom stereocenters. The summed E-state index contributed by atoms with van der Waals surface area (Å²) >= 11 is 0. The van der Waals surface area contributed by atoms with Crippen LogP contribution in [0.4, 0.5) is 0 Å². The van der Waals surface area contributed by atoms with E-state index in [2.05, 4.69) is 30.6 Å². The molecule has 0 saturated carbocycles. The van der Waals surface area contributed by atoms with Crippen LogP contribution in [0.1, 0.15) is 33.6 Å². The number of hydrogen-bond acceptors (Lipinski definition) is 4. The fraction of sp³-hybridized carbons (Fsp3) is 1.00.